The van der Waals surface area contributed by atoms with Crippen molar-refractivity contribution in [1.82, 2.24) is 9.80 Å². The summed E-state index contributed by atoms with van der Waals surface area (Å²) >= 11 is 0. The highest BCUT2D eigenvalue weighted by Gasteiger charge is 2.42. The predicted molar refractivity (Wildman–Crippen MR) is 107 cm³/mol. The first-order valence-electron chi connectivity index (χ1n) is 9.19. The van der Waals surface area contributed by atoms with Gasteiger partial charge in [-0.25, -0.2) is 0 Å². The number of benzene rings is 2. The van der Waals surface area contributed by atoms with Gasteiger partial charge in [-0.2, -0.15) is 0 Å². The van der Waals surface area contributed by atoms with E-state index in [1.165, 1.54) is 0 Å². The fourth-order valence-electron chi connectivity index (χ4n) is 3.71. The summed E-state index contributed by atoms with van der Waals surface area (Å²) in [6.07, 6.45) is 0. The van der Waals surface area contributed by atoms with Crippen LogP contribution >= 0.6 is 0 Å². The summed E-state index contributed by atoms with van der Waals surface area (Å²) < 4.78 is 5.90. The van der Waals surface area contributed by atoms with E-state index in [1.54, 1.807) is 35.2 Å². The van der Waals surface area contributed by atoms with E-state index in [2.05, 4.69) is 0 Å². The van der Waals surface area contributed by atoms with Crippen LogP contribution in [-0.4, -0.2) is 48.0 Å². The Balaban J connectivity index is 1.96. The van der Waals surface area contributed by atoms with Crippen LogP contribution in [0, 0.1) is 6.92 Å². The van der Waals surface area contributed by atoms with Gasteiger partial charge in [0.25, 0.3) is 5.91 Å². The molecule has 4 rings (SSSR count). The van der Waals surface area contributed by atoms with Crippen LogP contribution in [0.5, 0.6) is 5.75 Å². The first-order valence-corrected chi connectivity index (χ1v) is 9.19. The first kappa shape index (κ1) is 18.3. The lowest BCUT2D eigenvalue weighted by molar-refractivity contribution is 0.0716. The summed E-state index contributed by atoms with van der Waals surface area (Å²) in [5, 5.41) is 10.4. The minimum atomic E-state index is -0.587. The normalized spacial score (nSPS) is 16.2. The highest BCUT2D eigenvalue weighted by molar-refractivity contribution is 5.99. The van der Waals surface area contributed by atoms with Crippen molar-refractivity contribution in [1.29, 1.82) is 0 Å². The number of carbonyl (C=O) groups excluding carboxylic acids is 1. The molecule has 0 fully saturated rings. The van der Waals surface area contributed by atoms with E-state index in [0.717, 1.165) is 5.56 Å². The van der Waals surface area contributed by atoms with Gasteiger partial charge in [0.2, 0.25) is 5.76 Å². The van der Waals surface area contributed by atoms with Crippen LogP contribution in [0.3, 0.4) is 0 Å². The molecule has 1 aliphatic rings. The van der Waals surface area contributed by atoms with E-state index < -0.39 is 6.04 Å². The Bertz CT molecular complexity index is 1130. The summed E-state index contributed by atoms with van der Waals surface area (Å²) in [4.78, 5) is 30.1. The Hall–Kier alpha value is -3.12. The number of fused-ring (bicyclic) bond motifs is 2. The monoisotopic (exact) mass is 378 g/mol. The molecule has 2 aromatic carbocycles. The van der Waals surface area contributed by atoms with E-state index in [9.17, 15) is 14.7 Å². The number of rotatable bonds is 4. The standard InChI is InChI=1S/C22H22N2O4/c1-13-7-8-17-16(11-13)20(26)18-19(14-5-4-6-15(25)12-14)24(10-9-23(2)3)22(27)21(18)28-17/h4-8,11-12,19,25H,9-10H2,1-3H3/t19-/m0/s1. The molecule has 6 nitrogen and oxygen atoms in total. The van der Waals surface area contributed by atoms with Crippen molar-refractivity contribution >= 4 is 16.9 Å². The van der Waals surface area contributed by atoms with Gasteiger partial charge in [-0.3, -0.25) is 9.59 Å². The zero-order valence-corrected chi connectivity index (χ0v) is 16.1. The molecule has 6 heteroatoms. The highest BCUT2D eigenvalue weighted by atomic mass is 16.3. The van der Waals surface area contributed by atoms with Gasteiger partial charge in [0, 0.05) is 13.1 Å². The molecule has 28 heavy (non-hydrogen) atoms. The third-order valence-corrected chi connectivity index (χ3v) is 5.10. The average Bonchev–Trinajstić information content (AvgIpc) is 2.93. The number of nitrogens with zero attached hydrogens (tertiary/aromatic N) is 2. The fourth-order valence-corrected chi connectivity index (χ4v) is 3.71. The van der Waals surface area contributed by atoms with Crippen LogP contribution in [-0.2, 0) is 0 Å². The Kier molecular flexibility index (Phi) is 4.43. The van der Waals surface area contributed by atoms with E-state index >= 15 is 0 Å². The largest absolute Gasteiger partial charge is 0.508 e. The minimum absolute atomic E-state index is 0.0898. The smallest absolute Gasteiger partial charge is 0.290 e. The summed E-state index contributed by atoms with van der Waals surface area (Å²) in [5.41, 5.74) is 2.18. The molecule has 1 aromatic heterocycles. The molecule has 3 aromatic rings. The van der Waals surface area contributed by atoms with Crippen molar-refractivity contribution in [3.8, 4) is 5.75 Å². The number of amides is 1. The summed E-state index contributed by atoms with van der Waals surface area (Å²) in [7, 11) is 3.86. The van der Waals surface area contributed by atoms with Gasteiger partial charge in [-0.1, -0.05) is 23.8 Å². The number of carbonyl (C=O) groups is 1. The second-order valence-electron chi connectivity index (χ2n) is 7.47. The molecule has 2 heterocycles. The highest BCUT2D eigenvalue weighted by Crippen LogP contribution is 2.38. The molecule has 0 unspecified atom stereocenters. The Labute approximate surface area is 162 Å². The second-order valence-corrected chi connectivity index (χ2v) is 7.47. The number of likely N-dealkylation sites (N-methyl/N-ethyl adjacent to an activating group) is 1. The number of phenolic OH excluding ortho intramolecular Hbond substituents is 1. The van der Waals surface area contributed by atoms with Crippen molar-refractivity contribution in [3.05, 3.63) is 75.1 Å². The van der Waals surface area contributed by atoms with E-state index in [0.29, 0.717) is 35.2 Å². The quantitative estimate of drug-likeness (QED) is 0.756. The Morgan fingerprint density at radius 2 is 1.93 bits per heavy atom. The van der Waals surface area contributed by atoms with Crippen molar-refractivity contribution < 1.29 is 14.3 Å². The average molecular weight is 378 g/mol. The number of aromatic hydroxyl groups is 1. The maximum atomic E-state index is 13.4. The molecule has 144 valence electrons. The maximum absolute atomic E-state index is 13.4. The predicted octanol–water partition coefficient (Wildman–Crippen LogP) is 2.91. The molecular formula is C22H22N2O4. The molecular weight excluding hydrogens is 356 g/mol. The molecule has 0 aliphatic carbocycles. The lowest BCUT2D eigenvalue weighted by Gasteiger charge is -2.26. The van der Waals surface area contributed by atoms with Gasteiger partial charge in [-0.05, 0) is 50.8 Å². The van der Waals surface area contributed by atoms with Gasteiger partial charge in [0.05, 0.1) is 17.0 Å². The van der Waals surface area contributed by atoms with Crippen LogP contribution in [0.2, 0.25) is 0 Å². The van der Waals surface area contributed by atoms with Crippen molar-refractivity contribution in [3.63, 3.8) is 0 Å². The summed E-state index contributed by atoms with van der Waals surface area (Å²) in [6, 6.07) is 11.5. The topological polar surface area (TPSA) is 74.0 Å². The zero-order valence-electron chi connectivity index (χ0n) is 16.1. The minimum Gasteiger partial charge on any atom is -0.508 e. The lowest BCUT2D eigenvalue weighted by atomic mass is 9.98. The van der Waals surface area contributed by atoms with Crippen LogP contribution in [0.4, 0.5) is 0 Å². The summed E-state index contributed by atoms with van der Waals surface area (Å²) in [5.74, 6) is -0.120. The fraction of sp³-hybridized carbons (Fsp3) is 0.273. The first-order chi connectivity index (χ1) is 13.4. The van der Waals surface area contributed by atoms with E-state index in [1.807, 2.05) is 38.1 Å². The van der Waals surface area contributed by atoms with Crippen molar-refractivity contribution in [2.45, 2.75) is 13.0 Å². The van der Waals surface area contributed by atoms with E-state index in [-0.39, 0.29) is 22.8 Å². The molecule has 0 radical (unpaired) electrons. The SMILES string of the molecule is Cc1ccc2oc3c(c(=O)c2c1)[C@H](c1cccc(O)c1)N(CCN(C)C)C3=O. The molecule has 1 atom stereocenters. The maximum Gasteiger partial charge on any atom is 0.290 e. The lowest BCUT2D eigenvalue weighted by Crippen LogP contribution is -2.35. The second kappa shape index (κ2) is 6.80. The molecule has 0 bridgehead atoms. The molecule has 1 N–H and O–H groups in total. The van der Waals surface area contributed by atoms with E-state index in [4.69, 9.17) is 4.42 Å². The molecule has 0 saturated heterocycles. The third kappa shape index (κ3) is 2.96. The number of hydrogen-bond acceptors (Lipinski definition) is 5. The number of aryl methyl sites for hydroxylation is 1. The van der Waals surface area contributed by atoms with Gasteiger partial charge in [0.15, 0.2) is 5.43 Å². The van der Waals surface area contributed by atoms with Crippen LogP contribution < -0.4 is 5.43 Å². The third-order valence-electron chi connectivity index (χ3n) is 5.10. The summed E-state index contributed by atoms with van der Waals surface area (Å²) in [6.45, 7) is 2.99. The van der Waals surface area contributed by atoms with Crippen molar-refractivity contribution in [2.75, 3.05) is 27.2 Å². The molecule has 0 saturated carbocycles. The molecule has 0 spiro atoms. The number of hydrogen-bond donors (Lipinski definition) is 1. The van der Waals surface area contributed by atoms with Gasteiger partial charge < -0.3 is 19.3 Å². The zero-order chi connectivity index (χ0) is 20.0. The van der Waals surface area contributed by atoms with Gasteiger partial charge in [-0.15, -0.1) is 0 Å². The van der Waals surface area contributed by atoms with Crippen molar-refractivity contribution in [2.24, 2.45) is 0 Å². The van der Waals surface area contributed by atoms with Crippen LogP contribution in [0.1, 0.15) is 33.3 Å². The van der Waals surface area contributed by atoms with Gasteiger partial charge >= 0.3 is 0 Å². The Morgan fingerprint density at radius 3 is 2.64 bits per heavy atom. The van der Waals surface area contributed by atoms with Gasteiger partial charge in [0.1, 0.15) is 11.3 Å². The van der Waals surface area contributed by atoms with Crippen LogP contribution in [0.25, 0.3) is 11.0 Å². The van der Waals surface area contributed by atoms with Crippen LogP contribution in [0.15, 0.2) is 51.7 Å². The molecule has 1 aliphatic heterocycles. The molecule has 1 amide bonds. The number of phenols is 1. The Morgan fingerprint density at radius 1 is 1.14 bits per heavy atom.